The van der Waals surface area contributed by atoms with Crippen molar-refractivity contribution in [3.05, 3.63) is 84.6 Å². The normalized spacial score (nSPS) is 16.1. The number of allylic oxidation sites excluding steroid dienone is 12. The van der Waals surface area contributed by atoms with Crippen molar-refractivity contribution in [3.63, 3.8) is 0 Å². The summed E-state index contributed by atoms with van der Waals surface area (Å²) >= 11 is 0. The van der Waals surface area contributed by atoms with Crippen LogP contribution < -0.4 is 5.32 Å². The summed E-state index contributed by atoms with van der Waals surface area (Å²) in [6.07, 6.45) is 51.6. The van der Waals surface area contributed by atoms with Crippen molar-refractivity contribution < 1.29 is 28.7 Å². The second kappa shape index (κ2) is 49.0. The van der Waals surface area contributed by atoms with Crippen LogP contribution in [-0.2, 0) is 28.7 Å². The first kappa shape index (κ1) is 72.2. The molecule has 9 heteroatoms. The summed E-state index contributed by atoms with van der Waals surface area (Å²) < 4.78 is 11.5. The van der Waals surface area contributed by atoms with E-state index in [1.54, 1.807) is 0 Å². The fourth-order valence-corrected chi connectivity index (χ4v) is 10.3. The standard InChI is InChI=1S/C68H107N3O6.C2H6/c1-7-12-15-18-21-24-25-26-27-28-29-30-31-32-33-34-35-38-41-47-63(72)71(55-46-54-70(10-4)11-5)68(66(75)69-67-53-50-62(60-67)58-61(6)59-67,51-44-48-64(73)76-56-42-39-36-22-19-16-13-8-2)52-45-49-65(74)77-57-43-40-37-23-20-17-14-9-3;1-2/h12,15,21,24,26-27,29-30,32-33,35,38,50,61H,7-11,13-14,16-18,25,28,31,34,36-37,39-49,51-60H2,1-6H3,(H,69,75);1-2H3/b15-12-,24-21-,27-26-,30-29-,33-32-,38-35-;. The van der Waals surface area contributed by atoms with Gasteiger partial charge in [0.05, 0.1) is 13.2 Å². The van der Waals surface area contributed by atoms with Crippen LogP contribution in [0.4, 0.5) is 0 Å². The van der Waals surface area contributed by atoms with E-state index in [2.05, 4.69) is 154 Å². The first-order valence-corrected chi connectivity index (χ1v) is 31.7. The minimum absolute atomic E-state index is 0.0836. The molecule has 2 aliphatic rings. The molecule has 0 heterocycles. The summed E-state index contributed by atoms with van der Waals surface area (Å²) in [6.45, 7) is 20.6. The number of rotatable bonds is 43. The van der Waals surface area contributed by atoms with Crippen molar-refractivity contribution in [3.8, 4) is 23.7 Å². The molecule has 0 saturated heterocycles. The van der Waals surface area contributed by atoms with Gasteiger partial charge in [0.2, 0.25) is 11.8 Å². The molecule has 1 fully saturated rings. The average molecular weight is 1090 g/mol. The minimum Gasteiger partial charge on any atom is -0.466 e. The molecular formula is C70H113N3O6. The van der Waals surface area contributed by atoms with E-state index in [0.717, 1.165) is 161 Å². The lowest BCUT2D eigenvalue weighted by molar-refractivity contribution is -0.152. The number of ether oxygens (including phenoxy) is 2. The topological polar surface area (TPSA) is 105 Å². The second-order valence-corrected chi connectivity index (χ2v) is 21.4. The van der Waals surface area contributed by atoms with E-state index in [1.165, 1.54) is 5.57 Å². The number of esters is 2. The molecule has 1 saturated carbocycles. The predicted octanol–water partition coefficient (Wildman–Crippen LogP) is 16.9. The molecular weight excluding hydrogens is 979 g/mol. The largest absolute Gasteiger partial charge is 0.466 e. The van der Waals surface area contributed by atoms with E-state index in [4.69, 9.17) is 9.47 Å². The summed E-state index contributed by atoms with van der Waals surface area (Å²) in [7, 11) is 0. The minimum atomic E-state index is -1.30. The number of amides is 2. The number of nitrogens with zero attached hydrogens (tertiary/aromatic N) is 2. The number of nitrogens with one attached hydrogen (secondary N) is 1. The maximum absolute atomic E-state index is 15.7. The molecule has 9 nitrogen and oxygen atoms in total. The van der Waals surface area contributed by atoms with E-state index >= 15 is 9.59 Å². The zero-order valence-corrected chi connectivity index (χ0v) is 51.6. The molecule has 2 unspecified atom stereocenters. The molecule has 0 aliphatic heterocycles. The number of fused-ring (bicyclic) bond motifs is 2. The Morgan fingerprint density at radius 3 is 1.54 bits per heavy atom. The molecule has 444 valence electrons. The van der Waals surface area contributed by atoms with Gasteiger partial charge in [0.15, 0.2) is 0 Å². The van der Waals surface area contributed by atoms with Crippen LogP contribution in [0.25, 0.3) is 0 Å². The van der Waals surface area contributed by atoms with Crippen molar-refractivity contribution in [1.82, 2.24) is 15.1 Å². The third kappa shape index (κ3) is 34.8. The molecule has 0 radical (unpaired) electrons. The van der Waals surface area contributed by atoms with Crippen LogP contribution in [-0.4, -0.2) is 84.0 Å². The van der Waals surface area contributed by atoms with Gasteiger partial charge in [-0.3, -0.25) is 19.2 Å². The highest BCUT2D eigenvalue weighted by molar-refractivity contribution is 5.92. The average Bonchev–Trinajstić information content (AvgIpc) is 3.83. The summed E-state index contributed by atoms with van der Waals surface area (Å²) in [5, 5.41) is 3.61. The molecule has 2 atom stereocenters. The summed E-state index contributed by atoms with van der Waals surface area (Å²) in [5.74, 6) is 12.5. The van der Waals surface area contributed by atoms with Gasteiger partial charge >= 0.3 is 11.9 Å². The molecule has 0 aromatic carbocycles. The number of hydrogen-bond acceptors (Lipinski definition) is 7. The van der Waals surface area contributed by atoms with Crippen LogP contribution in [0.15, 0.2) is 84.6 Å². The first-order chi connectivity index (χ1) is 38.6. The smallest absolute Gasteiger partial charge is 0.305 e. The highest BCUT2D eigenvalue weighted by Gasteiger charge is 2.50. The van der Waals surface area contributed by atoms with Crippen LogP contribution >= 0.6 is 0 Å². The number of hydrogen-bond donors (Lipinski definition) is 1. The van der Waals surface area contributed by atoms with Crippen LogP contribution in [0.3, 0.4) is 0 Å². The van der Waals surface area contributed by atoms with Crippen LogP contribution in [0, 0.1) is 29.6 Å². The Bertz CT molecular complexity index is 1930. The quantitative estimate of drug-likeness (QED) is 0.0281. The van der Waals surface area contributed by atoms with Gasteiger partial charge in [-0.15, -0.1) is 23.7 Å². The summed E-state index contributed by atoms with van der Waals surface area (Å²) in [4.78, 5) is 61.7. The van der Waals surface area contributed by atoms with Gasteiger partial charge in [-0.2, -0.15) is 0 Å². The lowest BCUT2D eigenvalue weighted by atomic mass is 9.76. The van der Waals surface area contributed by atoms with Gasteiger partial charge in [0, 0.05) is 57.0 Å². The Kier molecular flexibility index (Phi) is 44.7. The highest BCUT2D eigenvalue weighted by atomic mass is 16.5. The summed E-state index contributed by atoms with van der Waals surface area (Å²) in [6, 6.07) is 0. The number of carbonyl (C=O) groups is 4. The molecule has 0 spiro atoms. The fourth-order valence-electron chi connectivity index (χ4n) is 10.3. The second-order valence-electron chi connectivity index (χ2n) is 21.4. The summed E-state index contributed by atoms with van der Waals surface area (Å²) in [5.41, 5.74) is -0.337. The molecule has 2 rings (SSSR count). The van der Waals surface area contributed by atoms with Crippen LogP contribution in [0.1, 0.15) is 254 Å². The zero-order valence-electron chi connectivity index (χ0n) is 51.6. The van der Waals surface area contributed by atoms with Crippen LogP contribution in [0.2, 0.25) is 0 Å². The van der Waals surface area contributed by atoms with E-state index in [9.17, 15) is 9.59 Å². The van der Waals surface area contributed by atoms with E-state index in [0.29, 0.717) is 51.4 Å². The maximum atomic E-state index is 15.7. The van der Waals surface area contributed by atoms with Crippen molar-refractivity contribution in [2.24, 2.45) is 5.92 Å². The van der Waals surface area contributed by atoms with Gasteiger partial charge in [-0.25, -0.2) is 0 Å². The molecule has 0 aromatic heterocycles. The van der Waals surface area contributed by atoms with Crippen molar-refractivity contribution in [1.29, 1.82) is 0 Å². The van der Waals surface area contributed by atoms with E-state index in [1.807, 2.05) is 18.7 Å². The number of carbonyl (C=O) groups excluding carboxylic acids is 4. The lowest BCUT2D eigenvalue weighted by Gasteiger charge is -2.47. The third-order valence-corrected chi connectivity index (χ3v) is 14.6. The molecule has 1 N–H and O–H groups in total. The number of unbranched alkanes of at least 4 members (excludes halogenated alkanes) is 8. The Labute approximate surface area is 484 Å². The van der Waals surface area contributed by atoms with Crippen molar-refractivity contribution in [2.45, 2.75) is 266 Å². The van der Waals surface area contributed by atoms with Gasteiger partial charge in [-0.1, -0.05) is 153 Å². The lowest BCUT2D eigenvalue weighted by Crippen LogP contribution is -2.65. The predicted molar refractivity (Wildman–Crippen MR) is 334 cm³/mol. The molecule has 2 amide bonds. The van der Waals surface area contributed by atoms with Gasteiger partial charge in [0.1, 0.15) is 5.54 Å². The fraction of sp³-hybridized carbons (Fsp3) is 0.686. The van der Waals surface area contributed by atoms with Gasteiger partial charge in [-0.05, 0) is 167 Å². The SMILES string of the molecule is CC.CC/C=C\C/C=C\C/C=C\C/C=C\C/C=C\C/C=C\CCC(=O)N(CCCN(CC)CC)C(CCCC(=O)OCCCCC#CCCCC)(CCCC(=O)OCCCCC#CCCCC)C(=O)NC12CC=C(CC(C)C1)C2. The van der Waals surface area contributed by atoms with Gasteiger partial charge < -0.3 is 24.6 Å². The molecule has 2 aliphatic carbocycles. The zero-order chi connectivity index (χ0) is 57.9. The first-order valence-electron chi connectivity index (χ1n) is 31.7. The highest BCUT2D eigenvalue weighted by Crippen LogP contribution is 2.44. The molecule has 2 bridgehead atoms. The third-order valence-electron chi connectivity index (χ3n) is 14.6. The Balaban J connectivity index is 0.0000154. The molecule has 0 aromatic rings. The van der Waals surface area contributed by atoms with E-state index in [-0.39, 0.29) is 55.9 Å². The Morgan fingerprint density at radius 2 is 1.08 bits per heavy atom. The Hall–Kier alpha value is -4.86. The van der Waals surface area contributed by atoms with Crippen molar-refractivity contribution >= 4 is 23.8 Å². The van der Waals surface area contributed by atoms with E-state index < -0.39 is 11.1 Å². The van der Waals surface area contributed by atoms with Crippen molar-refractivity contribution in [2.75, 3.05) is 39.4 Å². The van der Waals surface area contributed by atoms with Gasteiger partial charge in [0.25, 0.3) is 0 Å². The maximum Gasteiger partial charge on any atom is 0.305 e. The Morgan fingerprint density at radius 1 is 0.608 bits per heavy atom. The van der Waals surface area contributed by atoms with Crippen LogP contribution in [0.5, 0.6) is 0 Å². The molecule has 79 heavy (non-hydrogen) atoms. The monoisotopic (exact) mass is 1090 g/mol.